The normalized spacial score (nSPS) is 18.3. The van der Waals surface area contributed by atoms with Gasteiger partial charge < -0.3 is 0 Å². The molecule has 1 aliphatic carbocycles. The highest BCUT2D eigenvalue weighted by molar-refractivity contribution is 6.16. The topological polar surface area (TPSA) is 34.1 Å². The van der Waals surface area contributed by atoms with E-state index in [0.29, 0.717) is 11.1 Å². The number of Topliss-reactive ketones (excluding diaryl/α,β-unsaturated/α-hetero) is 2. The summed E-state index contributed by atoms with van der Waals surface area (Å²) in [6, 6.07) is 15.0. The molecule has 0 aromatic heterocycles. The van der Waals surface area contributed by atoms with Crippen molar-refractivity contribution in [3.8, 4) is 0 Å². The van der Waals surface area contributed by atoms with Crippen LogP contribution in [0.3, 0.4) is 0 Å². The van der Waals surface area contributed by atoms with E-state index >= 15 is 0 Å². The lowest BCUT2D eigenvalue weighted by atomic mass is 9.78. The molecule has 0 saturated carbocycles. The van der Waals surface area contributed by atoms with Crippen molar-refractivity contribution in [1.82, 2.24) is 0 Å². The average Bonchev–Trinajstić information content (AvgIpc) is 2.43. The van der Waals surface area contributed by atoms with Gasteiger partial charge in [0.25, 0.3) is 0 Å². The second-order valence-electron chi connectivity index (χ2n) is 5.00. The van der Waals surface area contributed by atoms with Gasteiger partial charge in [-0.1, -0.05) is 48.0 Å². The number of benzene rings is 2. The molecule has 0 fully saturated rings. The first kappa shape index (κ1) is 11.8. The lowest BCUT2D eigenvalue weighted by Gasteiger charge is -2.23. The standard InChI is InChI=1S/C17H14O2/c1-11-7-8-13-15(9-11)16(18)10-14(17(13)19)12-5-3-2-4-6-12/h2-9,14H,10H2,1H3/t14-/m1/s1. The van der Waals surface area contributed by atoms with E-state index in [-0.39, 0.29) is 23.9 Å². The van der Waals surface area contributed by atoms with Crippen LogP contribution in [-0.4, -0.2) is 11.6 Å². The quantitative estimate of drug-likeness (QED) is 0.775. The SMILES string of the molecule is Cc1ccc2c(c1)C(=O)C[C@H](c1ccccc1)C2=O. The van der Waals surface area contributed by atoms with E-state index in [1.807, 2.05) is 49.4 Å². The van der Waals surface area contributed by atoms with Crippen molar-refractivity contribution in [1.29, 1.82) is 0 Å². The molecule has 0 unspecified atom stereocenters. The highest BCUT2D eigenvalue weighted by atomic mass is 16.1. The Morgan fingerprint density at radius 1 is 0.947 bits per heavy atom. The lowest BCUT2D eigenvalue weighted by molar-refractivity contribution is 0.0865. The number of ketones is 2. The maximum Gasteiger partial charge on any atom is 0.171 e. The van der Waals surface area contributed by atoms with Crippen molar-refractivity contribution in [2.24, 2.45) is 0 Å². The Morgan fingerprint density at radius 2 is 1.68 bits per heavy atom. The number of carbonyl (C=O) groups excluding carboxylic acids is 2. The molecule has 2 aromatic carbocycles. The number of carbonyl (C=O) groups is 2. The molecule has 0 heterocycles. The van der Waals surface area contributed by atoms with Crippen LogP contribution in [0.2, 0.25) is 0 Å². The first-order valence-electron chi connectivity index (χ1n) is 6.40. The zero-order valence-corrected chi connectivity index (χ0v) is 10.7. The largest absolute Gasteiger partial charge is 0.294 e. The monoisotopic (exact) mass is 250 g/mol. The van der Waals surface area contributed by atoms with E-state index < -0.39 is 0 Å². The van der Waals surface area contributed by atoms with Crippen molar-refractivity contribution in [3.05, 3.63) is 70.8 Å². The van der Waals surface area contributed by atoms with E-state index in [4.69, 9.17) is 0 Å². The molecule has 3 rings (SSSR count). The third-order valence-corrected chi connectivity index (χ3v) is 3.65. The van der Waals surface area contributed by atoms with Crippen molar-refractivity contribution in [2.45, 2.75) is 19.3 Å². The van der Waals surface area contributed by atoms with Gasteiger partial charge >= 0.3 is 0 Å². The Hall–Kier alpha value is -2.22. The summed E-state index contributed by atoms with van der Waals surface area (Å²) in [5, 5.41) is 0. The summed E-state index contributed by atoms with van der Waals surface area (Å²) < 4.78 is 0. The van der Waals surface area contributed by atoms with Crippen LogP contribution >= 0.6 is 0 Å². The molecule has 0 bridgehead atoms. The van der Waals surface area contributed by atoms with Crippen LogP contribution < -0.4 is 0 Å². The second kappa shape index (κ2) is 4.47. The lowest BCUT2D eigenvalue weighted by Crippen LogP contribution is -2.25. The van der Waals surface area contributed by atoms with Crippen molar-refractivity contribution in [3.63, 3.8) is 0 Å². The number of hydrogen-bond acceptors (Lipinski definition) is 2. The molecule has 0 spiro atoms. The van der Waals surface area contributed by atoms with Gasteiger partial charge in [-0.05, 0) is 18.6 Å². The Labute approximate surface area is 112 Å². The summed E-state index contributed by atoms with van der Waals surface area (Å²) in [5.41, 5.74) is 3.08. The maximum atomic E-state index is 12.5. The Bertz CT molecular complexity index is 656. The minimum Gasteiger partial charge on any atom is -0.294 e. The summed E-state index contributed by atoms with van der Waals surface area (Å²) in [5.74, 6) is -0.211. The summed E-state index contributed by atoms with van der Waals surface area (Å²) in [7, 11) is 0. The van der Waals surface area contributed by atoms with E-state index in [2.05, 4.69) is 0 Å². The Morgan fingerprint density at radius 3 is 2.42 bits per heavy atom. The molecule has 94 valence electrons. The zero-order valence-electron chi connectivity index (χ0n) is 10.7. The predicted octanol–water partition coefficient (Wildman–Crippen LogP) is 3.55. The van der Waals surface area contributed by atoms with Crippen LogP contribution in [0.5, 0.6) is 0 Å². The summed E-state index contributed by atoms with van der Waals surface area (Å²) in [6.07, 6.45) is 0.277. The van der Waals surface area contributed by atoms with Gasteiger partial charge in [0.15, 0.2) is 11.6 Å². The third-order valence-electron chi connectivity index (χ3n) is 3.65. The highest BCUT2D eigenvalue weighted by Crippen LogP contribution is 2.32. The molecular formula is C17H14O2. The molecule has 0 N–H and O–H groups in total. The van der Waals surface area contributed by atoms with Gasteiger partial charge in [0.2, 0.25) is 0 Å². The third kappa shape index (κ3) is 1.99. The van der Waals surface area contributed by atoms with Crippen molar-refractivity contribution < 1.29 is 9.59 Å². The van der Waals surface area contributed by atoms with Crippen LogP contribution in [0.4, 0.5) is 0 Å². The van der Waals surface area contributed by atoms with E-state index in [1.165, 1.54) is 0 Å². The van der Waals surface area contributed by atoms with E-state index in [9.17, 15) is 9.59 Å². The summed E-state index contributed by atoms with van der Waals surface area (Å²) in [4.78, 5) is 24.7. The molecular weight excluding hydrogens is 236 g/mol. The van der Waals surface area contributed by atoms with Crippen LogP contribution in [-0.2, 0) is 0 Å². The van der Waals surface area contributed by atoms with Crippen LogP contribution in [0.1, 0.15) is 44.2 Å². The molecule has 2 heteroatoms. The van der Waals surface area contributed by atoms with Gasteiger partial charge in [-0.2, -0.15) is 0 Å². The predicted molar refractivity (Wildman–Crippen MR) is 73.6 cm³/mol. The second-order valence-corrected chi connectivity index (χ2v) is 5.00. The number of aryl methyl sites for hydroxylation is 1. The Balaban J connectivity index is 2.08. The summed E-state index contributed by atoms with van der Waals surface area (Å²) in [6.45, 7) is 1.93. The van der Waals surface area contributed by atoms with Gasteiger partial charge in [0.1, 0.15) is 0 Å². The first-order chi connectivity index (χ1) is 9.16. The fourth-order valence-corrected chi connectivity index (χ4v) is 2.63. The van der Waals surface area contributed by atoms with Crippen molar-refractivity contribution >= 4 is 11.6 Å². The minimum absolute atomic E-state index is 0.0563. The van der Waals surface area contributed by atoms with E-state index in [0.717, 1.165) is 11.1 Å². The fraction of sp³-hybridized carbons (Fsp3) is 0.176. The Kier molecular flexibility index (Phi) is 2.79. The van der Waals surface area contributed by atoms with Gasteiger partial charge in [-0.3, -0.25) is 9.59 Å². The molecule has 0 amide bonds. The van der Waals surface area contributed by atoms with Gasteiger partial charge in [-0.15, -0.1) is 0 Å². The number of fused-ring (bicyclic) bond motifs is 1. The smallest absolute Gasteiger partial charge is 0.171 e. The fourth-order valence-electron chi connectivity index (χ4n) is 2.63. The van der Waals surface area contributed by atoms with Gasteiger partial charge in [0.05, 0.1) is 5.92 Å². The zero-order chi connectivity index (χ0) is 13.4. The molecule has 0 radical (unpaired) electrons. The van der Waals surface area contributed by atoms with Crippen molar-refractivity contribution in [2.75, 3.05) is 0 Å². The van der Waals surface area contributed by atoms with E-state index in [1.54, 1.807) is 6.07 Å². The number of rotatable bonds is 1. The molecule has 19 heavy (non-hydrogen) atoms. The molecule has 0 saturated heterocycles. The first-order valence-corrected chi connectivity index (χ1v) is 6.40. The van der Waals surface area contributed by atoms with Gasteiger partial charge in [-0.25, -0.2) is 0 Å². The highest BCUT2D eigenvalue weighted by Gasteiger charge is 2.33. The summed E-state index contributed by atoms with van der Waals surface area (Å²) >= 11 is 0. The minimum atomic E-state index is -0.330. The van der Waals surface area contributed by atoms with Crippen LogP contribution in [0.25, 0.3) is 0 Å². The average molecular weight is 250 g/mol. The molecule has 2 aromatic rings. The molecule has 1 atom stereocenters. The van der Waals surface area contributed by atoms with Gasteiger partial charge in [0, 0.05) is 17.5 Å². The van der Waals surface area contributed by atoms with Crippen LogP contribution in [0.15, 0.2) is 48.5 Å². The maximum absolute atomic E-state index is 12.5. The number of hydrogen-bond donors (Lipinski definition) is 0. The molecule has 1 aliphatic rings. The molecule has 2 nitrogen and oxygen atoms in total. The molecule has 0 aliphatic heterocycles. The van der Waals surface area contributed by atoms with Crippen LogP contribution in [0, 0.1) is 6.92 Å².